The van der Waals surface area contributed by atoms with Crippen LogP contribution in [0.3, 0.4) is 0 Å². The van der Waals surface area contributed by atoms with E-state index in [0.29, 0.717) is 12.8 Å². The average Bonchev–Trinajstić information content (AvgIpc) is 3.35. The molecule has 1 heterocycles. The minimum atomic E-state index is -1.56. The number of carboxylic acid groups (broad SMARTS) is 2. The molecule has 0 aromatic heterocycles. The first-order chi connectivity index (χ1) is 18.0. The molecule has 4 unspecified atom stereocenters. The highest BCUT2D eigenvalue weighted by atomic mass is 16.4. The lowest BCUT2D eigenvalue weighted by molar-refractivity contribution is -0.144. The van der Waals surface area contributed by atoms with Gasteiger partial charge in [-0.25, -0.2) is 4.79 Å². The lowest BCUT2D eigenvalue weighted by Gasteiger charge is -2.28. The summed E-state index contributed by atoms with van der Waals surface area (Å²) >= 11 is 0. The highest BCUT2D eigenvalue weighted by molar-refractivity contribution is 5.95. The summed E-state index contributed by atoms with van der Waals surface area (Å²) in [5, 5.41) is 23.3. The molecule has 1 aromatic carbocycles. The Kier molecular flexibility index (Phi) is 11.5. The largest absolute Gasteiger partial charge is 0.481 e. The summed E-state index contributed by atoms with van der Waals surface area (Å²) < 4.78 is 0. The number of amides is 3. The minimum absolute atomic E-state index is 0.0319. The normalized spacial score (nSPS) is 17.1. The van der Waals surface area contributed by atoms with Crippen LogP contribution in [0, 0.1) is 0 Å². The monoisotopic (exact) mass is 533 g/mol. The minimum Gasteiger partial charge on any atom is -0.481 e. The summed E-state index contributed by atoms with van der Waals surface area (Å²) in [6, 6.07) is 4.41. The number of nitrogens with two attached hydrogens (primary N) is 3. The standard InChI is InChI=1S/C24H35N7O7/c25-15(12-14-6-2-1-3-7-14)22(36)31-11-5-9-18(31)21(35)30-17(13-19(32)33)20(34)29-16(23(37)38)8-4-10-28-24(26)27/h1-3,6-7,15-18H,4-5,8-13,25H2,(H,29,34)(H,30,35)(H,32,33)(H,37,38)(H4,26,27,28). The van der Waals surface area contributed by atoms with Gasteiger partial charge in [-0.15, -0.1) is 0 Å². The molecule has 1 aromatic rings. The Labute approximate surface area is 219 Å². The molecule has 1 saturated heterocycles. The van der Waals surface area contributed by atoms with Gasteiger partial charge in [0.1, 0.15) is 18.1 Å². The zero-order chi connectivity index (χ0) is 28.2. The number of nitrogens with one attached hydrogen (secondary N) is 2. The van der Waals surface area contributed by atoms with Crippen LogP contribution in [0.2, 0.25) is 0 Å². The van der Waals surface area contributed by atoms with Crippen LogP contribution >= 0.6 is 0 Å². The molecule has 1 aliphatic rings. The van der Waals surface area contributed by atoms with Gasteiger partial charge in [0, 0.05) is 13.1 Å². The van der Waals surface area contributed by atoms with E-state index < -0.39 is 60.2 Å². The van der Waals surface area contributed by atoms with E-state index >= 15 is 0 Å². The molecule has 0 radical (unpaired) electrons. The van der Waals surface area contributed by atoms with Gasteiger partial charge >= 0.3 is 11.9 Å². The third kappa shape index (κ3) is 9.35. The number of aliphatic imine (C=N–C) groups is 1. The fraction of sp³-hybridized carbons (Fsp3) is 0.500. The number of carbonyl (C=O) groups is 5. The fourth-order valence-corrected chi connectivity index (χ4v) is 4.16. The summed E-state index contributed by atoms with van der Waals surface area (Å²) in [6.07, 6.45) is 0.512. The fourth-order valence-electron chi connectivity index (χ4n) is 4.16. The summed E-state index contributed by atoms with van der Waals surface area (Å²) in [6.45, 7) is 0.418. The van der Waals surface area contributed by atoms with E-state index in [4.69, 9.17) is 17.2 Å². The van der Waals surface area contributed by atoms with Gasteiger partial charge in [-0.3, -0.25) is 24.2 Å². The Balaban J connectivity index is 2.05. The summed E-state index contributed by atoms with van der Waals surface area (Å²) in [5.41, 5.74) is 17.4. The SMILES string of the molecule is NC(N)=NCCCC(NC(=O)C(CC(=O)O)NC(=O)C1CCCN1C(=O)C(N)Cc1ccccc1)C(=O)O. The van der Waals surface area contributed by atoms with Gasteiger partial charge in [-0.05, 0) is 37.7 Å². The van der Waals surface area contributed by atoms with Crippen molar-refractivity contribution in [1.82, 2.24) is 15.5 Å². The van der Waals surface area contributed by atoms with Crippen LogP contribution in [0.4, 0.5) is 0 Å². The number of nitrogens with zero attached hydrogens (tertiary/aromatic N) is 2. The van der Waals surface area contributed by atoms with E-state index in [1.54, 1.807) is 0 Å². The molecule has 1 fully saturated rings. The van der Waals surface area contributed by atoms with E-state index in [0.717, 1.165) is 5.56 Å². The highest BCUT2D eigenvalue weighted by Crippen LogP contribution is 2.19. The van der Waals surface area contributed by atoms with Gasteiger partial charge in [0.25, 0.3) is 0 Å². The zero-order valence-corrected chi connectivity index (χ0v) is 20.9. The van der Waals surface area contributed by atoms with Crippen LogP contribution in [0.15, 0.2) is 35.3 Å². The molecule has 3 amide bonds. The van der Waals surface area contributed by atoms with Gasteiger partial charge in [-0.2, -0.15) is 0 Å². The van der Waals surface area contributed by atoms with Gasteiger partial charge in [0.2, 0.25) is 17.7 Å². The smallest absolute Gasteiger partial charge is 0.326 e. The van der Waals surface area contributed by atoms with Crippen molar-refractivity contribution in [3.63, 3.8) is 0 Å². The predicted octanol–water partition coefficient (Wildman–Crippen LogP) is -1.87. The lowest BCUT2D eigenvalue weighted by atomic mass is 10.0. The number of benzene rings is 1. The quantitative estimate of drug-likeness (QED) is 0.0797. The Morgan fingerprint density at radius 3 is 2.34 bits per heavy atom. The number of carboxylic acids is 2. The molecule has 4 atom stereocenters. The molecule has 38 heavy (non-hydrogen) atoms. The van der Waals surface area contributed by atoms with Crippen molar-refractivity contribution in [1.29, 1.82) is 0 Å². The van der Waals surface area contributed by atoms with Crippen molar-refractivity contribution in [3.05, 3.63) is 35.9 Å². The molecule has 10 N–H and O–H groups in total. The van der Waals surface area contributed by atoms with Crippen LogP contribution in [0.5, 0.6) is 0 Å². The number of hydrogen-bond acceptors (Lipinski definition) is 7. The van der Waals surface area contributed by atoms with Crippen LogP contribution in [-0.4, -0.2) is 88.0 Å². The number of aliphatic carboxylic acids is 2. The number of rotatable bonds is 14. The van der Waals surface area contributed by atoms with Gasteiger partial charge in [0.05, 0.1) is 12.5 Å². The van der Waals surface area contributed by atoms with Crippen LogP contribution in [0.25, 0.3) is 0 Å². The summed E-state index contributed by atoms with van der Waals surface area (Å²) in [7, 11) is 0. The maximum absolute atomic E-state index is 13.1. The maximum Gasteiger partial charge on any atom is 0.326 e. The van der Waals surface area contributed by atoms with Crippen LogP contribution in [0.1, 0.15) is 37.7 Å². The van der Waals surface area contributed by atoms with E-state index in [9.17, 15) is 34.2 Å². The zero-order valence-electron chi connectivity index (χ0n) is 20.9. The van der Waals surface area contributed by atoms with Crippen molar-refractivity contribution in [2.75, 3.05) is 13.1 Å². The Bertz CT molecular complexity index is 1030. The van der Waals surface area contributed by atoms with E-state index in [2.05, 4.69) is 15.6 Å². The van der Waals surface area contributed by atoms with Crippen molar-refractivity contribution < 1.29 is 34.2 Å². The van der Waals surface area contributed by atoms with Crippen molar-refractivity contribution in [2.24, 2.45) is 22.2 Å². The number of carbonyl (C=O) groups excluding carboxylic acids is 3. The lowest BCUT2D eigenvalue weighted by Crippen LogP contribution is -2.57. The average molecular weight is 534 g/mol. The molecule has 208 valence electrons. The third-order valence-corrected chi connectivity index (χ3v) is 6.03. The topological polar surface area (TPSA) is 244 Å². The summed E-state index contributed by atoms with van der Waals surface area (Å²) in [5.74, 6) is -5.02. The van der Waals surface area contributed by atoms with Gasteiger partial charge < -0.3 is 42.9 Å². The maximum atomic E-state index is 13.1. The number of hydrogen-bond donors (Lipinski definition) is 7. The van der Waals surface area contributed by atoms with E-state index in [1.165, 1.54) is 4.90 Å². The summed E-state index contributed by atoms with van der Waals surface area (Å²) in [4.78, 5) is 66.9. The molecular formula is C24H35N7O7. The number of guanidine groups is 1. The molecule has 14 nitrogen and oxygen atoms in total. The highest BCUT2D eigenvalue weighted by Gasteiger charge is 2.38. The second kappa shape index (κ2) is 14.5. The van der Waals surface area contributed by atoms with Gasteiger partial charge in [-0.1, -0.05) is 30.3 Å². The third-order valence-electron chi connectivity index (χ3n) is 6.03. The Morgan fingerprint density at radius 1 is 1.05 bits per heavy atom. The molecule has 0 aliphatic carbocycles. The molecule has 0 spiro atoms. The second-order valence-corrected chi connectivity index (χ2v) is 8.99. The van der Waals surface area contributed by atoms with E-state index in [-0.39, 0.29) is 38.3 Å². The second-order valence-electron chi connectivity index (χ2n) is 8.99. The first kappa shape index (κ1) is 30.0. The molecule has 0 saturated carbocycles. The Morgan fingerprint density at radius 2 is 1.74 bits per heavy atom. The van der Waals surface area contributed by atoms with Gasteiger partial charge in [0.15, 0.2) is 5.96 Å². The number of likely N-dealkylation sites (tertiary alicyclic amines) is 1. The molecule has 2 rings (SSSR count). The predicted molar refractivity (Wildman–Crippen MR) is 137 cm³/mol. The van der Waals surface area contributed by atoms with Crippen LogP contribution in [-0.2, 0) is 30.4 Å². The molecule has 14 heteroatoms. The van der Waals surface area contributed by atoms with Crippen molar-refractivity contribution in [2.45, 2.75) is 62.7 Å². The molecule has 1 aliphatic heterocycles. The van der Waals surface area contributed by atoms with Crippen molar-refractivity contribution >= 4 is 35.6 Å². The van der Waals surface area contributed by atoms with Crippen LogP contribution < -0.4 is 27.8 Å². The van der Waals surface area contributed by atoms with Crippen molar-refractivity contribution in [3.8, 4) is 0 Å². The first-order valence-corrected chi connectivity index (χ1v) is 12.2. The van der Waals surface area contributed by atoms with E-state index in [1.807, 2.05) is 30.3 Å². The molecule has 0 bridgehead atoms. The Hall–Kier alpha value is -4.20. The molecular weight excluding hydrogens is 498 g/mol. The first-order valence-electron chi connectivity index (χ1n) is 12.2.